The van der Waals surface area contributed by atoms with Crippen molar-refractivity contribution in [1.82, 2.24) is 0 Å². The van der Waals surface area contributed by atoms with Crippen molar-refractivity contribution in [3.8, 4) is 0 Å². The van der Waals surface area contributed by atoms with Crippen LogP contribution in [0.4, 0.5) is 0 Å². The summed E-state index contributed by atoms with van der Waals surface area (Å²) in [7, 11) is 0. The van der Waals surface area contributed by atoms with Crippen LogP contribution >= 0.6 is 11.6 Å². The van der Waals surface area contributed by atoms with Gasteiger partial charge in [0.2, 0.25) is 0 Å². The van der Waals surface area contributed by atoms with Crippen molar-refractivity contribution >= 4 is 23.4 Å². The second-order valence-electron chi connectivity index (χ2n) is 4.36. The molecule has 0 amide bonds. The summed E-state index contributed by atoms with van der Waals surface area (Å²) in [6.45, 7) is 0. The maximum absolute atomic E-state index is 12.2. The van der Waals surface area contributed by atoms with Crippen LogP contribution in [0, 0.1) is 11.8 Å². The van der Waals surface area contributed by atoms with Gasteiger partial charge in [-0.1, -0.05) is 30.2 Å². The molecule has 3 nitrogen and oxygen atoms in total. The van der Waals surface area contributed by atoms with Crippen LogP contribution in [0.5, 0.6) is 0 Å². The van der Waals surface area contributed by atoms with Crippen molar-refractivity contribution in [3.05, 3.63) is 34.9 Å². The number of carbonyl (C=O) groups is 2. The molecule has 17 heavy (non-hydrogen) atoms. The molecule has 1 aliphatic rings. The fraction of sp³-hybridized carbons (Fsp3) is 0.385. The van der Waals surface area contributed by atoms with E-state index < -0.39 is 17.8 Å². The van der Waals surface area contributed by atoms with Gasteiger partial charge in [0.25, 0.3) is 0 Å². The highest BCUT2D eigenvalue weighted by atomic mass is 35.5. The second-order valence-corrected chi connectivity index (χ2v) is 4.79. The third kappa shape index (κ3) is 2.50. The molecule has 90 valence electrons. The molecule has 0 saturated heterocycles. The molecule has 0 unspecified atom stereocenters. The predicted octanol–water partition coefficient (Wildman–Crippen LogP) is 3.02. The molecule has 1 aromatic carbocycles. The number of carboxylic acid groups (broad SMARTS) is 1. The summed E-state index contributed by atoms with van der Waals surface area (Å²) in [6, 6.07) is 6.69. The zero-order valence-corrected chi connectivity index (χ0v) is 9.98. The number of hydrogen-bond donors (Lipinski definition) is 1. The van der Waals surface area contributed by atoms with Crippen molar-refractivity contribution in [1.29, 1.82) is 0 Å². The molecule has 1 aromatic rings. The van der Waals surface area contributed by atoms with E-state index in [2.05, 4.69) is 0 Å². The molecule has 4 heteroatoms. The minimum absolute atomic E-state index is 0.0996. The van der Waals surface area contributed by atoms with Crippen LogP contribution in [-0.4, -0.2) is 16.9 Å². The number of aliphatic carboxylic acids is 1. The minimum Gasteiger partial charge on any atom is -0.481 e. The van der Waals surface area contributed by atoms with E-state index in [0.29, 0.717) is 23.4 Å². The Bertz CT molecular complexity index is 456. The maximum atomic E-state index is 12.2. The summed E-state index contributed by atoms with van der Waals surface area (Å²) in [6.07, 6.45) is 2.04. The summed E-state index contributed by atoms with van der Waals surface area (Å²) in [5.41, 5.74) is 0.510. The topological polar surface area (TPSA) is 54.4 Å². The molecule has 0 radical (unpaired) electrons. The quantitative estimate of drug-likeness (QED) is 0.842. The van der Waals surface area contributed by atoms with Gasteiger partial charge in [-0.25, -0.2) is 0 Å². The highest BCUT2D eigenvalue weighted by molar-refractivity contribution is 6.31. The molecule has 1 aliphatic carbocycles. The number of carbonyl (C=O) groups excluding carboxylic acids is 1. The van der Waals surface area contributed by atoms with E-state index in [1.54, 1.807) is 24.3 Å². The van der Waals surface area contributed by atoms with Gasteiger partial charge in [-0.3, -0.25) is 9.59 Å². The lowest BCUT2D eigenvalue weighted by Gasteiger charge is -2.14. The van der Waals surface area contributed by atoms with Crippen LogP contribution in [0.1, 0.15) is 29.6 Å². The molecule has 0 spiro atoms. The SMILES string of the molecule is O=C(O)[C@H]1CCC[C@@H]1C(=O)c1cccc(Cl)c1. The van der Waals surface area contributed by atoms with Gasteiger partial charge in [-0.2, -0.15) is 0 Å². The molecule has 0 bridgehead atoms. The Morgan fingerprint density at radius 3 is 2.59 bits per heavy atom. The number of rotatable bonds is 3. The van der Waals surface area contributed by atoms with Crippen LogP contribution in [0.15, 0.2) is 24.3 Å². The zero-order chi connectivity index (χ0) is 12.4. The van der Waals surface area contributed by atoms with Crippen molar-refractivity contribution in [2.24, 2.45) is 11.8 Å². The van der Waals surface area contributed by atoms with E-state index in [1.165, 1.54) is 0 Å². The molecular weight excluding hydrogens is 240 g/mol. The normalized spacial score (nSPS) is 23.6. The highest BCUT2D eigenvalue weighted by Crippen LogP contribution is 2.34. The predicted molar refractivity (Wildman–Crippen MR) is 64.2 cm³/mol. The maximum Gasteiger partial charge on any atom is 0.307 e. The zero-order valence-electron chi connectivity index (χ0n) is 9.23. The highest BCUT2D eigenvalue weighted by Gasteiger charge is 2.37. The van der Waals surface area contributed by atoms with Gasteiger partial charge < -0.3 is 5.11 Å². The van der Waals surface area contributed by atoms with E-state index in [-0.39, 0.29) is 5.78 Å². The number of benzene rings is 1. The van der Waals surface area contributed by atoms with Crippen molar-refractivity contribution in [3.63, 3.8) is 0 Å². The monoisotopic (exact) mass is 252 g/mol. The molecule has 2 atom stereocenters. The average molecular weight is 253 g/mol. The first kappa shape index (κ1) is 12.1. The minimum atomic E-state index is -0.872. The van der Waals surface area contributed by atoms with E-state index >= 15 is 0 Å². The second kappa shape index (κ2) is 4.88. The first-order valence-corrected chi connectivity index (χ1v) is 6.00. The lowest BCUT2D eigenvalue weighted by atomic mass is 9.88. The lowest BCUT2D eigenvalue weighted by molar-refractivity contribution is -0.142. The summed E-state index contributed by atoms with van der Waals surface area (Å²) in [5.74, 6) is -1.91. The Balaban J connectivity index is 2.23. The van der Waals surface area contributed by atoms with E-state index in [0.717, 1.165) is 6.42 Å². The third-order valence-corrected chi connectivity index (χ3v) is 3.51. The van der Waals surface area contributed by atoms with Crippen LogP contribution in [0.3, 0.4) is 0 Å². The summed E-state index contributed by atoms with van der Waals surface area (Å²) in [4.78, 5) is 23.2. The molecule has 2 rings (SSSR count). The van der Waals surface area contributed by atoms with Crippen LogP contribution in [-0.2, 0) is 4.79 Å². The van der Waals surface area contributed by atoms with E-state index in [9.17, 15) is 9.59 Å². The lowest BCUT2D eigenvalue weighted by Crippen LogP contribution is -2.25. The first-order valence-electron chi connectivity index (χ1n) is 5.62. The first-order chi connectivity index (χ1) is 8.09. The molecule has 1 fully saturated rings. The number of hydrogen-bond acceptors (Lipinski definition) is 2. The number of Topliss-reactive ketones (excluding diaryl/α,β-unsaturated/α-hetero) is 1. The van der Waals surface area contributed by atoms with Crippen molar-refractivity contribution in [2.75, 3.05) is 0 Å². The molecule has 1 N–H and O–H groups in total. The smallest absolute Gasteiger partial charge is 0.307 e. The van der Waals surface area contributed by atoms with Gasteiger partial charge in [0, 0.05) is 16.5 Å². The van der Waals surface area contributed by atoms with Gasteiger partial charge in [-0.15, -0.1) is 0 Å². The fourth-order valence-corrected chi connectivity index (χ4v) is 2.62. The van der Waals surface area contributed by atoms with Crippen molar-refractivity contribution < 1.29 is 14.7 Å². The Morgan fingerprint density at radius 1 is 1.24 bits per heavy atom. The molecule has 0 aromatic heterocycles. The van der Waals surface area contributed by atoms with Crippen LogP contribution in [0.25, 0.3) is 0 Å². The Labute approximate surface area is 104 Å². The number of halogens is 1. The van der Waals surface area contributed by atoms with Crippen molar-refractivity contribution in [2.45, 2.75) is 19.3 Å². The van der Waals surface area contributed by atoms with Crippen LogP contribution in [0.2, 0.25) is 5.02 Å². The van der Waals surface area contributed by atoms with Gasteiger partial charge in [-0.05, 0) is 25.0 Å². The summed E-state index contributed by atoms with van der Waals surface area (Å²) >= 11 is 5.83. The average Bonchev–Trinajstić information content (AvgIpc) is 2.77. The Morgan fingerprint density at radius 2 is 1.94 bits per heavy atom. The third-order valence-electron chi connectivity index (χ3n) is 3.28. The standard InChI is InChI=1S/C13H13ClO3/c14-9-4-1-3-8(7-9)12(15)10-5-2-6-11(10)13(16)17/h1,3-4,7,10-11H,2,5-6H2,(H,16,17)/t10-,11-/m0/s1. The van der Waals surface area contributed by atoms with Crippen LogP contribution < -0.4 is 0 Å². The Hall–Kier alpha value is -1.35. The van der Waals surface area contributed by atoms with Gasteiger partial charge in [0.05, 0.1) is 5.92 Å². The molecule has 0 heterocycles. The van der Waals surface area contributed by atoms with E-state index in [1.807, 2.05) is 0 Å². The summed E-state index contributed by atoms with van der Waals surface area (Å²) in [5, 5.41) is 9.56. The molecule has 1 saturated carbocycles. The van der Waals surface area contributed by atoms with E-state index in [4.69, 9.17) is 16.7 Å². The summed E-state index contributed by atoms with van der Waals surface area (Å²) < 4.78 is 0. The number of carboxylic acids is 1. The molecular formula is C13H13ClO3. The number of ketones is 1. The largest absolute Gasteiger partial charge is 0.481 e. The van der Waals surface area contributed by atoms with Gasteiger partial charge in [0.1, 0.15) is 0 Å². The van der Waals surface area contributed by atoms with Gasteiger partial charge in [0.15, 0.2) is 5.78 Å². The van der Waals surface area contributed by atoms with Gasteiger partial charge >= 0.3 is 5.97 Å². The fourth-order valence-electron chi connectivity index (χ4n) is 2.43. The molecule has 0 aliphatic heterocycles. The Kier molecular flexibility index (Phi) is 3.48.